The lowest BCUT2D eigenvalue weighted by Crippen LogP contribution is -2.51. The van der Waals surface area contributed by atoms with Crippen LogP contribution in [0.2, 0.25) is 0 Å². The van der Waals surface area contributed by atoms with Crippen LogP contribution in [0.3, 0.4) is 0 Å². The molecule has 1 aromatic heterocycles. The van der Waals surface area contributed by atoms with Crippen molar-refractivity contribution >= 4 is 17.8 Å². The monoisotopic (exact) mass is 562 g/mol. The van der Waals surface area contributed by atoms with Gasteiger partial charge in [0.2, 0.25) is 6.43 Å². The number of carbonyl (C=O) groups excluding carboxylic acids is 2. The SMILES string of the molecule is COc1cc(F)c([C@@H]2CN(c3ncccc3C(F)(F)F)C(=O)[C@H]2NC(=O)NC2CCC(C(F)F)CC2)c(F)c1. The number of methoxy groups -OCH3 is 1. The van der Waals surface area contributed by atoms with Crippen LogP contribution >= 0.6 is 0 Å². The number of benzene rings is 1. The Morgan fingerprint density at radius 1 is 1.10 bits per heavy atom. The zero-order valence-corrected chi connectivity index (χ0v) is 20.6. The van der Waals surface area contributed by atoms with Crippen LogP contribution < -0.4 is 20.3 Å². The quantitative estimate of drug-likeness (QED) is 0.485. The summed E-state index contributed by atoms with van der Waals surface area (Å²) >= 11 is 0. The summed E-state index contributed by atoms with van der Waals surface area (Å²) in [5, 5.41) is 4.90. The number of alkyl halides is 5. The first kappa shape index (κ1) is 28.4. The van der Waals surface area contributed by atoms with Crippen LogP contribution in [0.25, 0.3) is 0 Å². The van der Waals surface area contributed by atoms with E-state index in [2.05, 4.69) is 15.6 Å². The van der Waals surface area contributed by atoms with E-state index in [0.717, 1.165) is 24.4 Å². The molecule has 2 aromatic rings. The van der Waals surface area contributed by atoms with Gasteiger partial charge >= 0.3 is 12.2 Å². The molecule has 1 aromatic carbocycles. The molecule has 2 aliphatic rings. The van der Waals surface area contributed by atoms with Gasteiger partial charge in [-0.2, -0.15) is 13.2 Å². The summed E-state index contributed by atoms with van der Waals surface area (Å²) in [7, 11) is 1.18. The number of aromatic nitrogens is 1. The van der Waals surface area contributed by atoms with Crippen molar-refractivity contribution in [3.63, 3.8) is 0 Å². The number of rotatable bonds is 6. The fraction of sp³-hybridized carbons (Fsp3) is 0.480. The average molecular weight is 562 g/mol. The number of anilines is 1. The van der Waals surface area contributed by atoms with Crippen molar-refractivity contribution in [1.29, 1.82) is 0 Å². The van der Waals surface area contributed by atoms with E-state index in [-0.39, 0.29) is 31.4 Å². The molecule has 4 rings (SSSR count). The number of amides is 3. The molecule has 1 aliphatic carbocycles. The van der Waals surface area contributed by atoms with E-state index >= 15 is 8.78 Å². The lowest BCUT2D eigenvalue weighted by atomic mass is 9.86. The molecule has 39 heavy (non-hydrogen) atoms. The first-order valence-electron chi connectivity index (χ1n) is 12.1. The molecular weight excluding hydrogens is 537 g/mol. The topological polar surface area (TPSA) is 83.6 Å². The first-order valence-corrected chi connectivity index (χ1v) is 12.1. The Kier molecular flexibility index (Phi) is 8.21. The van der Waals surface area contributed by atoms with Gasteiger partial charge < -0.3 is 15.4 Å². The Morgan fingerprint density at radius 2 is 1.74 bits per heavy atom. The molecule has 0 bridgehead atoms. The fourth-order valence-electron chi connectivity index (χ4n) is 5.09. The number of pyridine rings is 1. The molecule has 7 nitrogen and oxygen atoms in total. The van der Waals surface area contributed by atoms with E-state index in [0.29, 0.717) is 11.0 Å². The van der Waals surface area contributed by atoms with Gasteiger partial charge in [-0.1, -0.05) is 0 Å². The lowest BCUT2D eigenvalue weighted by molar-refractivity contribution is -0.137. The molecule has 3 amide bonds. The van der Waals surface area contributed by atoms with E-state index in [1.54, 1.807) is 0 Å². The van der Waals surface area contributed by atoms with Gasteiger partial charge in [-0.3, -0.25) is 9.69 Å². The first-order chi connectivity index (χ1) is 18.4. The van der Waals surface area contributed by atoms with Crippen LogP contribution in [-0.2, 0) is 11.0 Å². The molecule has 0 radical (unpaired) electrons. The van der Waals surface area contributed by atoms with Crippen LogP contribution in [-0.4, -0.2) is 49.1 Å². The molecule has 2 N–H and O–H groups in total. The van der Waals surface area contributed by atoms with Gasteiger partial charge in [0.15, 0.2) is 0 Å². The number of urea groups is 1. The van der Waals surface area contributed by atoms with Crippen LogP contribution in [0.4, 0.5) is 41.3 Å². The normalized spacial score (nSPS) is 23.7. The van der Waals surface area contributed by atoms with Gasteiger partial charge in [0, 0.05) is 48.3 Å². The number of hydrogen-bond donors (Lipinski definition) is 2. The van der Waals surface area contributed by atoms with Crippen LogP contribution in [0.1, 0.15) is 42.7 Å². The Bertz CT molecular complexity index is 1200. The van der Waals surface area contributed by atoms with Gasteiger partial charge in [-0.05, 0) is 37.8 Å². The summed E-state index contributed by atoms with van der Waals surface area (Å²) in [6.45, 7) is -0.621. The highest BCUT2D eigenvalue weighted by Crippen LogP contribution is 2.40. The van der Waals surface area contributed by atoms with Crippen molar-refractivity contribution in [2.45, 2.75) is 56.3 Å². The third kappa shape index (κ3) is 6.04. The molecule has 0 spiro atoms. The maximum atomic E-state index is 15.0. The van der Waals surface area contributed by atoms with Gasteiger partial charge in [0.25, 0.3) is 5.91 Å². The standard InChI is InChI=1S/C25H25F7N4O3/c1-39-14-9-17(26)19(18(27)10-14)15-11-36(22-16(25(30,31)32)3-2-8-33-22)23(37)20(15)35-24(38)34-13-6-4-12(5-7-13)21(28)29/h2-3,8-10,12-13,15,20-21H,4-7,11H2,1H3,(H2,34,35,38)/t12?,13?,15-,20-/m0/s1. The largest absolute Gasteiger partial charge is 0.497 e. The second-order valence-corrected chi connectivity index (χ2v) is 9.47. The third-order valence-corrected chi connectivity index (χ3v) is 7.07. The van der Waals surface area contributed by atoms with Gasteiger partial charge in [-0.25, -0.2) is 27.3 Å². The molecule has 0 unspecified atom stereocenters. The number of ether oxygens (including phenoxy) is 1. The van der Waals surface area contributed by atoms with Crippen molar-refractivity contribution in [1.82, 2.24) is 15.6 Å². The zero-order chi connectivity index (χ0) is 28.5. The van der Waals surface area contributed by atoms with Crippen LogP contribution in [0.15, 0.2) is 30.5 Å². The average Bonchev–Trinajstić information content (AvgIpc) is 3.18. The molecular formula is C25H25F7N4O3. The zero-order valence-electron chi connectivity index (χ0n) is 20.6. The summed E-state index contributed by atoms with van der Waals surface area (Å²) in [5.41, 5.74) is -1.87. The summed E-state index contributed by atoms with van der Waals surface area (Å²) in [5.74, 6) is -6.47. The number of carbonyl (C=O) groups is 2. The Hall–Kier alpha value is -3.58. The second-order valence-electron chi connectivity index (χ2n) is 9.47. The summed E-state index contributed by atoms with van der Waals surface area (Å²) in [6, 6.07) is 0.364. The lowest BCUT2D eigenvalue weighted by Gasteiger charge is -2.29. The van der Waals surface area contributed by atoms with Crippen LogP contribution in [0.5, 0.6) is 5.75 Å². The molecule has 2 heterocycles. The van der Waals surface area contributed by atoms with Crippen LogP contribution in [0, 0.1) is 17.6 Å². The van der Waals surface area contributed by atoms with E-state index in [4.69, 9.17) is 4.74 Å². The Morgan fingerprint density at radius 3 is 2.31 bits per heavy atom. The minimum atomic E-state index is -4.89. The molecule has 1 saturated heterocycles. The van der Waals surface area contributed by atoms with Crippen molar-refractivity contribution < 1.29 is 45.1 Å². The van der Waals surface area contributed by atoms with E-state index in [9.17, 15) is 31.5 Å². The van der Waals surface area contributed by atoms with E-state index in [1.807, 2.05) is 0 Å². The predicted molar refractivity (Wildman–Crippen MR) is 124 cm³/mol. The van der Waals surface area contributed by atoms with E-state index in [1.165, 1.54) is 7.11 Å². The maximum absolute atomic E-state index is 15.0. The molecule has 212 valence electrons. The van der Waals surface area contributed by atoms with Crippen molar-refractivity contribution in [3.05, 3.63) is 53.2 Å². The molecule has 1 saturated carbocycles. The number of halogens is 7. The second kappa shape index (κ2) is 11.3. The number of hydrogen-bond acceptors (Lipinski definition) is 4. The van der Waals surface area contributed by atoms with Crippen molar-refractivity contribution in [2.75, 3.05) is 18.6 Å². The fourth-order valence-corrected chi connectivity index (χ4v) is 5.09. The summed E-state index contributed by atoms with van der Waals surface area (Å²) in [4.78, 5) is 30.5. The molecule has 2 fully saturated rings. The number of nitrogens with zero attached hydrogens (tertiary/aromatic N) is 2. The highest BCUT2D eigenvalue weighted by Gasteiger charge is 2.48. The number of nitrogens with one attached hydrogen (secondary N) is 2. The third-order valence-electron chi connectivity index (χ3n) is 7.07. The van der Waals surface area contributed by atoms with Gasteiger partial charge in [0.05, 0.1) is 12.7 Å². The predicted octanol–water partition coefficient (Wildman–Crippen LogP) is 5.01. The summed E-state index contributed by atoms with van der Waals surface area (Å²) < 4.78 is 102. The Labute approximate surface area is 218 Å². The Balaban J connectivity index is 1.63. The molecule has 14 heteroatoms. The maximum Gasteiger partial charge on any atom is 0.419 e. The van der Waals surface area contributed by atoms with Gasteiger partial charge in [0.1, 0.15) is 29.2 Å². The smallest absolute Gasteiger partial charge is 0.419 e. The minimum absolute atomic E-state index is 0.166. The molecule has 1 aliphatic heterocycles. The highest BCUT2D eigenvalue weighted by atomic mass is 19.4. The van der Waals surface area contributed by atoms with Crippen molar-refractivity contribution in [3.8, 4) is 5.75 Å². The van der Waals surface area contributed by atoms with Gasteiger partial charge in [-0.15, -0.1) is 0 Å². The molecule has 2 atom stereocenters. The highest BCUT2D eigenvalue weighted by molar-refractivity contribution is 6.02. The summed E-state index contributed by atoms with van der Waals surface area (Å²) in [6.07, 6.45) is -5.50. The van der Waals surface area contributed by atoms with Crippen molar-refractivity contribution in [2.24, 2.45) is 5.92 Å². The van der Waals surface area contributed by atoms with E-state index < -0.39 is 83.6 Å². The minimum Gasteiger partial charge on any atom is -0.497 e.